The number of rotatable bonds is 6. The summed E-state index contributed by atoms with van der Waals surface area (Å²) in [5.41, 5.74) is 2.48. The van der Waals surface area contributed by atoms with E-state index in [0.29, 0.717) is 52.8 Å². The first-order valence-corrected chi connectivity index (χ1v) is 10.4. The summed E-state index contributed by atoms with van der Waals surface area (Å²) in [4.78, 5) is 29.8. The second-order valence-electron chi connectivity index (χ2n) is 7.72. The second kappa shape index (κ2) is 9.29. The van der Waals surface area contributed by atoms with Gasteiger partial charge in [-0.3, -0.25) is 14.5 Å². The average Bonchev–Trinajstić information content (AvgIpc) is 2.98. The van der Waals surface area contributed by atoms with Gasteiger partial charge in [0.05, 0.1) is 18.8 Å². The molecule has 0 radical (unpaired) electrons. The summed E-state index contributed by atoms with van der Waals surface area (Å²) in [6, 6.07) is 4.14. The predicted molar refractivity (Wildman–Crippen MR) is 114 cm³/mol. The monoisotopic (exact) mass is 435 g/mol. The standard InChI is InChI=1S/C22H27ClFN3O3/c1-12-11-27(8-9-30-12)18(20-16(23)6-5-7-17(20)24)10-25-22(29)21-13(2)19(15(4)28)14(3)26-21/h5-7,12,18,26H,8-11H2,1-4H3,(H,25,29). The minimum absolute atomic E-state index is 0.00562. The number of nitrogens with one attached hydrogen (secondary N) is 2. The van der Waals surface area contributed by atoms with Gasteiger partial charge < -0.3 is 15.0 Å². The van der Waals surface area contributed by atoms with Gasteiger partial charge >= 0.3 is 0 Å². The number of nitrogens with zero attached hydrogens (tertiary/aromatic N) is 1. The highest BCUT2D eigenvalue weighted by atomic mass is 35.5. The molecule has 6 nitrogen and oxygen atoms in total. The first kappa shape index (κ1) is 22.5. The van der Waals surface area contributed by atoms with Crippen LogP contribution >= 0.6 is 11.6 Å². The molecule has 1 amide bonds. The topological polar surface area (TPSA) is 74.4 Å². The van der Waals surface area contributed by atoms with Crippen LogP contribution in [0, 0.1) is 19.7 Å². The van der Waals surface area contributed by atoms with E-state index in [4.69, 9.17) is 16.3 Å². The van der Waals surface area contributed by atoms with Crippen molar-refractivity contribution in [3.63, 3.8) is 0 Å². The zero-order valence-electron chi connectivity index (χ0n) is 17.6. The molecule has 162 valence electrons. The number of hydrogen-bond donors (Lipinski definition) is 2. The Kier molecular flexibility index (Phi) is 6.95. The fourth-order valence-corrected chi connectivity index (χ4v) is 4.44. The Labute approximate surface area is 180 Å². The maximum atomic E-state index is 14.7. The third-order valence-electron chi connectivity index (χ3n) is 5.52. The van der Waals surface area contributed by atoms with Gasteiger partial charge in [-0.2, -0.15) is 0 Å². The Balaban J connectivity index is 1.86. The average molecular weight is 436 g/mol. The summed E-state index contributed by atoms with van der Waals surface area (Å²) in [5.74, 6) is -0.854. The summed E-state index contributed by atoms with van der Waals surface area (Å²) in [6.45, 7) is 8.82. The van der Waals surface area contributed by atoms with Gasteiger partial charge in [0.2, 0.25) is 0 Å². The number of Topliss-reactive ketones (excluding diaryl/α,β-unsaturated/α-hetero) is 1. The van der Waals surface area contributed by atoms with Crippen LogP contribution in [0.5, 0.6) is 0 Å². The summed E-state index contributed by atoms with van der Waals surface area (Å²) >= 11 is 6.34. The van der Waals surface area contributed by atoms with Gasteiger partial charge in [-0.05, 0) is 45.4 Å². The molecule has 3 rings (SSSR count). The molecular formula is C22H27ClFN3O3. The Hall–Kier alpha value is -2.22. The summed E-state index contributed by atoms with van der Waals surface area (Å²) in [5, 5.41) is 3.21. The lowest BCUT2D eigenvalue weighted by Gasteiger charge is -2.38. The molecule has 2 atom stereocenters. The van der Waals surface area contributed by atoms with Crippen LogP contribution < -0.4 is 5.32 Å². The predicted octanol–water partition coefficient (Wildman–Crippen LogP) is 3.82. The molecule has 2 heterocycles. The molecule has 0 spiro atoms. The zero-order chi connectivity index (χ0) is 22.0. The van der Waals surface area contributed by atoms with Gasteiger partial charge in [0.15, 0.2) is 5.78 Å². The van der Waals surface area contributed by atoms with Crippen LogP contribution in [0.1, 0.15) is 57.6 Å². The van der Waals surface area contributed by atoms with E-state index in [9.17, 15) is 14.0 Å². The Morgan fingerprint density at radius 3 is 2.73 bits per heavy atom. The number of aryl methyl sites for hydroxylation is 1. The largest absolute Gasteiger partial charge is 0.376 e. The van der Waals surface area contributed by atoms with Crippen LogP contribution in [-0.4, -0.2) is 53.9 Å². The van der Waals surface area contributed by atoms with Crippen LogP contribution in [0.15, 0.2) is 18.2 Å². The molecule has 1 aliphatic heterocycles. The number of ether oxygens (including phenoxy) is 1. The highest BCUT2D eigenvalue weighted by Crippen LogP contribution is 2.31. The number of halogens is 2. The number of hydrogen-bond acceptors (Lipinski definition) is 4. The van der Waals surface area contributed by atoms with E-state index in [1.54, 1.807) is 26.0 Å². The minimum atomic E-state index is -0.447. The van der Waals surface area contributed by atoms with Crippen molar-refractivity contribution in [2.24, 2.45) is 0 Å². The van der Waals surface area contributed by atoms with Crippen LogP contribution in [0.4, 0.5) is 4.39 Å². The van der Waals surface area contributed by atoms with Crippen molar-refractivity contribution in [2.45, 2.75) is 39.8 Å². The van der Waals surface area contributed by atoms with Crippen LogP contribution in [0.25, 0.3) is 0 Å². The number of H-pyrrole nitrogens is 1. The number of ketones is 1. The lowest BCUT2D eigenvalue weighted by atomic mass is 10.0. The number of amides is 1. The van der Waals surface area contributed by atoms with Crippen LogP contribution in [0.2, 0.25) is 5.02 Å². The van der Waals surface area contributed by atoms with E-state index < -0.39 is 11.9 Å². The molecule has 0 bridgehead atoms. The molecule has 0 aliphatic carbocycles. The molecule has 1 aromatic heterocycles. The van der Waals surface area contributed by atoms with E-state index in [0.717, 1.165) is 0 Å². The Morgan fingerprint density at radius 2 is 2.13 bits per heavy atom. The first-order valence-electron chi connectivity index (χ1n) is 9.98. The lowest BCUT2D eigenvalue weighted by Crippen LogP contribution is -2.47. The van der Waals surface area contributed by atoms with Crippen molar-refractivity contribution in [3.8, 4) is 0 Å². The Bertz CT molecular complexity index is 939. The Morgan fingerprint density at radius 1 is 1.40 bits per heavy atom. The van der Waals surface area contributed by atoms with Crippen LogP contribution in [0.3, 0.4) is 0 Å². The van der Waals surface area contributed by atoms with E-state index in [1.165, 1.54) is 13.0 Å². The molecule has 1 saturated heterocycles. The minimum Gasteiger partial charge on any atom is -0.376 e. The van der Waals surface area contributed by atoms with Gasteiger partial charge in [0.25, 0.3) is 5.91 Å². The molecule has 8 heteroatoms. The number of aromatic amines is 1. The fourth-order valence-electron chi connectivity index (χ4n) is 4.15. The second-order valence-corrected chi connectivity index (χ2v) is 8.13. The smallest absolute Gasteiger partial charge is 0.268 e. The van der Waals surface area contributed by atoms with Crippen molar-refractivity contribution in [1.29, 1.82) is 0 Å². The SMILES string of the molecule is CC(=O)c1c(C)[nH]c(C(=O)NCC(c2c(F)cccc2Cl)N2CCOC(C)C2)c1C. The van der Waals surface area contributed by atoms with E-state index in [2.05, 4.69) is 15.2 Å². The quantitative estimate of drug-likeness (QED) is 0.676. The van der Waals surface area contributed by atoms with Crippen molar-refractivity contribution in [1.82, 2.24) is 15.2 Å². The lowest BCUT2D eigenvalue weighted by molar-refractivity contribution is -0.0346. The summed E-state index contributed by atoms with van der Waals surface area (Å²) in [7, 11) is 0. The highest BCUT2D eigenvalue weighted by molar-refractivity contribution is 6.31. The fraction of sp³-hybridized carbons (Fsp3) is 0.455. The van der Waals surface area contributed by atoms with Crippen molar-refractivity contribution in [3.05, 3.63) is 57.1 Å². The zero-order valence-corrected chi connectivity index (χ0v) is 18.4. The molecule has 2 N–H and O–H groups in total. The van der Waals surface area contributed by atoms with Crippen molar-refractivity contribution < 1.29 is 18.7 Å². The number of carbonyl (C=O) groups is 2. The maximum Gasteiger partial charge on any atom is 0.268 e. The van der Waals surface area contributed by atoms with Gasteiger partial charge in [-0.25, -0.2) is 4.39 Å². The molecular weight excluding hydrogens is 409 g/mol. The van der Waals surface area contributed by atoms with Gasteiger partial charge in [0.1, 0.15) is 11.5 Å². The van der Waals surface area contributed by atoms with E-state index >= 15 is 0 Å². The molecule has 2 unspecified atom stereocenters. The summed E-state index contributed by atoms with van der Waals surface area (Å²) in [6.07, 6.45) is -0.00562. The van der Waals surface area contributed by atoms with Gasteiger partial charge in [-0.1, -0.05) is 17.7 Å². The van der Waals surface area contributed by atoms with Crippen molar-refractivity contribution in [2.75, 3.05) is 26.2 Å². The normalized spacial score (nSPS) is 18.3. The third-order valence-corrected chi connectivity index (χ3v) is 5.85. The number of aromatic nitrogens is 1. The maximum absolute atomic E-state index is 14.7. The van der Waals surface area contributed by atoms with Gasteiger partial charge in [0, 0.05) is 41.5 Å². The van der Waals surface area contributed by atoms with E-state index in [-0.39, 0.29) is 24.3 Å². The molecule has 2 aromatic rings. The van der Waals surface area contributed by atoms with E-state index in [1.807, 2.05) is 6.92 Å². The molecule has 1 aromatic carbocycles. The van der Waals surface area contributed by atoms with Crippen LogP contribution in [-0.2, 0) is 4.74 Å². The summed E-state index contributed by atoms with van der Waals surface area (Å²) < 4.78 is 20.3. The molecule has 1 fully saturated rings. The highest BCUT2D eigenvalue weighted by Gasteiger charge is 2.30. The molecule has 0 saturated carbocycles. The number of benzene rings is 1. The number of carbonyl (C=O) groups excluding carboxylic acids is 2. The first-order chi connectivity index (χ1) is 14.2. The third kappa shape index (κ3) is 4.58. The van der Waals surface area contributed by atoms with Crippen molar-refractivity contribution >= 4 is 23.3 Å². The molecule has 30 heavy (non-hydrogen) atoms. The molecule has 1 aliphatic rings. The number of morpholine rings is 1. The van der Waals surface area contributed by atoms with Gasteiger partial charge in [-0.15, -0.1) is 0 Å².